The summed E-state index contributed by atoms with van der Waals surface area (Å²) in [5.41, 5.74) is -0.463. The van der Waals surface area contributed by atoms with Crippen LogP contribution in [0.4, 0.5) is 4.39 Å². The Hall–Kier alpha value is -2.11. The second kappa shape index (κ2) is 6.56. The van der Waals surface area contributed by atoms with Crippen LogP contribution in [0.15, 0.2) is 18.2 Å². The number of nitrogens with zero attached hydrogens (tertiary/aromatic N) is 1. The van der Waals surface area contributed by atoms with Gasteiger partial charge in [-0.05, 0) is 17.5 Å². The van der Waals surface area contributed by atoms with Crippen molar-refractivity contribution in [1.29, 1.82) is 0 Å². The molecule has 0 saturated heterocycles. The van der Waals surface area contributed by atoms with Crippen molar-refractivity contribution < 1.29 is 23.8 Å². The molecular weight excluding hydrogens is 277 g/mol. The first-order chi connectivity index (χ1) is 9.64. The number of ether oxygens (including phenoxy) is 1. The van der Waals surface area contributed by atoms with Gasteiger partial charge in [-0.1, -0.05) is 20.8 Å². The van der Waals surface area contributed by atoms with Gasteiger partial charge in [-0.3, -0.25) is 9.59 Å². The van der Waals surface area contributed by atoms with Crippen LogP contribution in [0.1, 0.15) is 31.1 Å². The molecule has 1 aromatic carbocycles. The number of methoxy groups -OCH3 is 1. The number of carbonyl (C=O) groups excluding carboxylic acids is 1. The fourth-order valence-corrected chi connectivity index (χ4v) is 1.90. The zero-order valence-electron chi connectivity index (χ0n) is 12.6. The highest BCUT2D eigenvalue weighted by Crippen LogP contribution is 2.21. The van der Waals surface area contributed by atoms with Crippen LogP contribution < -0.4 is 4.74 Å². The normalized spacial score (nSPS) is 11.1. The molecule has 0 saturated carbocycles. The SMILES string of the molecule is COc1ccc(C(=O)N(CC(=O)O)CC(C)(C)C)c(F)c1. The summed E-state index contributed by atoms with van der Waals surface area (Å²) < 4.78 is 18.8. The Morgan fingerprint density at radius 2 is 1.95 bits per heavy atom. The zero-order valence-corrected chi connectivity index (χ0v) is 12.6. The Labute approximate surface area is 123 Å². The van der Waals surface area contributed by atoms with Gasteiger partial charge in [-0.2, -0.15) is 0 Å². The molecule has 0 aliphatic rings. The Morgan fingerprint density at radius 3 is 2.38 bits per heavy atom. The number of aliphatic carboxylic acids is 1. The van der Waals surface area contributed by atoms with Crippen molar-refractivity contribution in [2.75, 3.05) is 20.2 Å². The summed E-state index contributed by atoms with van der Waals surface area (Å²) in [6, 6.07) is 3.86. The Bertz CT molecular complexity index is 537. The Balaban J connectivity index is 3.07. The zero-order chi connectivity index (χ0) is 16.2. The fraction of sp³-hybridized carbons (Fsp3) is 0.467. The highest BCUT2D eigenvalue weighted by atomic mass is 19.1. The Kier molecular flexibility index (Phi) is 5.29. The summed E-state index contributed by atoms with van der Waals surface area (Å²) in [6.07, 6.45) is 0. The van der Waals surface area contributed by atoms with Gasteiger partial charge >= 0.3 is 5.97 Å². The lowest BCUT2D eigenvalue weighted by molar-refractivity contribution is -0.138. The van der Waals surface area contributed by atoms with Crippen molar-refractivity contribution in [3.8, 4) is 5.75 Å². The van der Waals surface area contributed by atoms with E-state index in [0.29, 0.717) is 5.75 Å². The second-order valence-electron chi connectivity index (χ2n) is 5.96. The highest BCUT2D eigenvalue weighted by Gasteiger charge is 2.26. The number of hydrogen-bond donors (Lipinski definition) is 1. The number of carboxylic acids is 1. The van der Waals surface area contributed by atoms with E-state index in [1.807, 2.05) is 20.8 Å². The predicted molar refractivity (Wildman–Crippen MR) is 75.9 cm³/mol. The lowest BCUT2D eigenvalue weighted by atomic mass is 9.95. The Morgan fingerprint density at radius 1 is 1.33 bits per heavy atom. The number of carboxylic acid groups (broad SMARTS) is 1. The van der Waals surface area contributed by atoms with Crippen molar-refractivity contribution in [1.82, 2.24) is 4.90 Å². The lowest BCUT2D eigenvalue weighted by Gasteiger charge is -2.29. The molecule has 0 aromatic heterocycles. The van der Waals surface area contributed by atoms with Crippen LogP contribution in [0, 0.1) is 11.2 Å². The van der Waals surface area contributed by atoms with Gasteiger partial charge in [0, 0.05) is 12.6 Å². The quantitative estimate of drug-likeness (QED) is 0.906. The third-order valence-electron chi connectivity index (χ3n) is 2.69. The van der Waals surface area contributed by atoms with Crippen LogP contribution in [-0.2, 0) is 4.79 Å². The summed E-state index contributed by atoms with van der Waals surface area (Å²) in [5, 5.41) is 8.92. The molecule has 0 aliphatic heterocycles. The van der Waals surface area contributed by atoms with Crippen LogP contribution in [0.3, 0.4) is 0 Å². The van der Waals surface area contributed by atoms with E-state index in [1.165, 1.54) is 19.2 Å². The van der Waals surface area contributed by atoms with Crippen LogP contribution in [0.5, 0.6) is 5.75 Å². The molecule has 1 aromatic rings. The molecule has 1 amide bonds. The van der Waals surface area contributed by atoms with Crippen LogP contribution >= 0.6 is 0 Å². The number of carbonyl (C=O) groups is 2. The minimum Gasteiger partial charge on any atom is -0.497 e. The fourth-order valence-electron chi connectivity index (χ4n) is 1.90. The van der Waals surface area contributed by atoms with Crippen molar-refractivity contribution in [3.05, 3.63) is 29.6 Å². The first kappa shape index (κ1) is 16.9. The molecule has 0 aliphatic carbocycles. The van der Waals surface area contributed by atoms with E-state index in [-0.39, 0.29) is 17.5 Å². The molecule has 1 N–H and O–H groups in total. The van der Waals surface area contributed by atoms with Gasteiger partial charge in [0.25, 0.3) is 5.91 Å². The number of amides is 1. The minimum atomic E-state index is -1.14. The van der Waals surface area contributed by atoms with E-state index < -0.39 is 24.2 Å². The average molecular weight is 297 g/mol. The molecule has 116 valence electrons. The average Bonchev–Trinajstić information content (AvgIpc) is 2.34. The maximum atomic E-state index is 13.9. The monoisotopic (exact) mass is 297 g/mol. The first-order valence-electron chi connectivity index (χ1n) is 6.48. The number of hydrogen-bond acceptors (Lipinski definition) is 3. The highest BCUT2D eigenvalue weighted by molar-refractivity contribution is 5.96. The van der Waals surface area contributed by atoms with E-state index in [0.717, 1.165) is 11.0 Å². The molecule has 5 nitrogen and oxygen atoms in total. The van der Waals surface area contributed by atoms with Crippen molar-refractivity contribution in [2.24, 2.45) is 5.41 Å². The van der Waals surface area contributed by atoms with Crippen molar-refractivity contribution in [2.45, 2.75) is 20.8 Å². The molecule has 0 bridgehead atoms. The van der Waals surface area contributed by atoms with E-state index in [9.17, 15) is 14.0 Å². The van der Waals surface area contributed by atoms with E-state index >= 15 is 0 Å². The smallest absolute Gasteiger partial charge is 0.323 e. The van der Waals surface area contributed by atoms with Crippen molar-refractivity contribution in [3.63, 3.8) is 0 Å². The standard InChI is InChI=1S/C15H20FNO4/c1-15(2,3)9-17(8-13(18)19)14(20)11-6-5-10(21-4)7-12(11)16/h5-7H,8-9H2,1-4H3,(H,18,19). The van der Waals surface area contributed by atoms with Gasteiger partial charge in [0.1, 0.15) is 18.1 Å². The molecule has 21 heavy (non-hydrogen) atoms. The van der Waals surface area contributed by atoms with Gasteiger partial charge in [-0.15, -0.1) is 0 Å². The maximum absolute atomic E-state index is 13.9. The summed E-state index contributed by atoms with van der Waals surface area (Å²) in [5.74, 6) is -2.22. The van der Waals surface area contributed by atoms with Crippen LogP contribution in [0.25, 0.3) is 0 Å². The molecule has 0 atom stereocenters. The van der Waals surface area contributed by atoms with Crippen LogP contribution in [-0.4, -0.2) is 42.1 Å². The molecule has 0 heterocycles. The summed E-state index contributed by atoms with van der Waals surface area (Å²) in [6.45, 7) is 5.36. The van der Waals surface area contributed by atoms with Gasteiger partial charge in [-0.25, -0.2) is 4.39 Å². The van der Waals surface area contributed by atoms with Gasteiger partial charge in [0.15, 0.2) is 0 Å². The molecule has 0 radical (unpaired) electrons. The predicted octanol–water partition coefficient (Wildman–Crippen LogP) is 2.41. The molecule has 0 fully saturated rings. The third kappa shape index (κ3) is 5.06. The molecular formula is C15H20FNO4. The van der Waals surface area contributed by atoms with Gasteiger partial charge < -0.3 is 14.7 Å². The lowest BCUT2D eigenvalue weighted by Crippen LogP contribution is -2.41. The minimum absolute atomic E-state index is 0.165. The third-order valence-corrected chi connectivity index (χ3v) is 2.69. The summed E-state index contributed by atoms with van der Waals surface area (Å²) >= 11 is 0. The van der Waals surface area contributed by atoms with E-state index in [2.05, 4.69) is 0 Å². The van der Waals surface area contributed by atoms with E-state index in [4.69, 9.17) is 9.84 Å². The van der Waals surface area contributed by atoms with E-state index in [1.54, 1.807) is 0 Å². The number of halogens is 1. The first-order valence-corrected chi connectivity index (χ1v) is 6.48. The maximum Gasteiger partial charge on any atom is 0.323 e. The summed E-state index contributed by atoms with van der Waals surface area (Å²) in [7, 11) is 1.40. The van der Waals surface area contributed by atoms with Gasteiger partial charge in [0.05, 0.1) is 12.7 Å². The van der Waals surface area contributed by atoms with Gasteiger partial charge in [0.2, 0.25) is 0 Å². The number of benzene rings is 1. The summed E-state index contributed by atoms with van der Waals surface area (Å²) in [4.78, 5) is 24.4. The molecule has 6 heteroatoms. The number of rotatable bonds is 5. The molecule has 1 rings (SSSR count). The second-order valence-corrected chi connectivity index (χ2v) is 5.96. The largest absolute Gasteiger partial charge is 0.497 e. The molecule has 0 spiro atoms. The topological polar surface area (TPSA) is 66.8 Å². The van der Waals surface area contributed by atoms with Crippen LogP contribution in [0.2, 0.25) is 0 Å². The molecule has 0 unspecified atom stereocenters. The van der Waals surface area contributed by atoms with Crippen molar-refractivity contribution >= 4 is 11.9 Å².